The minimum Gasteiger partial charge on any atom is -0.486 e. The number of aromatic nitrogens is 1. The van der Waals surface area contributed by atoms with Crippen LogP contribution in [0, 0.1) is 0 Å². The molecule has 188 valence electrons. The standard InChI is InChI=1S/C24H25F3N4O2S.ClH/c1-14(6-7-24(25,26)27)33-20-10-16(4-5-18(20)23(29)32)19-9-17(11-30-22(19)28)21-8-15(13-34-21)12-31(2)3;/h4-11,13-14H,12H2,1-3H3,(H2,28,30)(H2,29,32);1H. The first-order valence-corrected chi connectivity index (χ1v) is 11.2. The number of pyridine rings is 1. The molecule has 3 aromatic rings. The van der Waals surface area contributed by atoms with Gasteiger partial charge in [0.1, 0.15) is 17.7 Å². The van der Waals surface area contributed by atoms with Crippen molar-refractivity contribution in [3.8, 4) is 27.3 Å². The van der Waals surface area contributed by atoms with Gasteiger partial charge < -0.3 is 21.1 Å². The van der Waals surface area contributed by atoms with Crippen LogP contribution in [0.1, 0.15) is 22.8 Å². The Morgan fingerprint density at radius 1 is 1.23 bits per heavy atom. The Morgan fingerprint density at radius 3 is 2.57 bits per heavy atom. The summed E-state index contributed by atoms with van der Waals surface area (Å²) in [5.74, 6) is -0.449. The fraction of sp³-hybridized carbons (Fsp3) is 0.250. The summed E-state index contributed by atoms with van der Waals surface area (Å²) in [5.41, 5.74) is 14.8. The summed E-state index contributed by atoms with van der Waals surface area (Å²) in [6.45, 7) is 2.24. The van der Waals surface area contributed by atoms with Gasteiger partial charge in [-0.15, -0.1) is 23.7 Å². The first kappa shape index (κ1) is 28.2. The smallest absolute Gasteiger partial charge is 0.409 e. The normalized spacial score (nSPS) is 12.5. The molecule has 1 amide bonds. The Morgan fingerprint density at radius 2 is 1.94 bits per heavy atom. The number of amides is 1. The number of ether oxygens (including phenoxy) is 1. The number of carbonyl (C=O) groups is 1. The Kier molecular flexibility index (Phi) is 9.31. The van der Waals surface area contributed by atoms with Crippen LogP contribution in [-0.4, -0.2) is 42.2 Å². The lowest BCUT2D eigenvalue weighted by molar-refractivity contribution is -0.0804. The largest absolute Gasteiger partial charge is 0.486 e. The van der Waals surface area contributed by atoms with E-state index in [0.717, 1.165) is 23.1 Å². The number of nitrogens with two attached hydrogens (primary N) is 2. The lowest BCUT2D eigenvalue weighted by atomic mass is 10.0. The number of thiophene rings is 1. The lowest BCUT2D eigenvalue weighted by Crippen LogP contribution is -2.17. The molecule has 1 aromatic carbocycles. The average Bonchev–Trinajstić information content (AvgIpc) is 3.19. The summed E-state index contributed by atoms with van der Waals surface area (Å²) in [5, 5.41) is 2.08. The maximum absolute atomic E-state index is 12.5. The molecule has 0 spiro atoms. The maximum atomic E-state index is 12.5. The second-order valence-electron chi connectivity index (χ2n) is 8.01. The van der Waals surface area contributed by atoms with Crippen LogP contribution in [0.3, 0.4) is 0 Å². The van der Waals surface area contributed by atoms with Crippen LogP contribution in [0.4, 0.5) is 19.0 Å². The predicted molar refractivity (Wildman–Crippen MR) is 136 cm³/mol. The molecule has 2 heterocycles. The number of alkyl halides is 3. The van der Waals surface area contributed by atoms with Gasteiger partial charge in [-0.1, -0.05) is 6.07 Å². The van der Waals surface area contributed by atoms with Gasteiger partial charge >= 0.3 is 6.18 Å². The topological polar surface area (TPSA) is 94.5 Å². The van der Waals surface area contributed by atoms with E-state index in [0.29, 0.717) is 11.1 Å². The zero-order valence-corrected chi connectivity index (χ0v) is 20.9. The quantitative estimate of drug-likeness (QED) is 0.376. The van der Waals surface area contributed by atoms with Crippen molar-refractivity contribution in [3.63, 3.8) is 0 Å². The minimum absolute atomic E-state index is 0. The van der Waals surface area contributed by atoms with Gasteiger partial charge in [-0.05, 0) is 67.9 Å². The summed E-state index contributed by atoms with van der Waals surface area (Å²) in [4.78, 5) is 19.3. The number of nitrogens with zero attached hydrogens (tertiary/aromatic N) is 2. The van der Waals surface area contributed by atoms with Gasteiger partial charge in [-0.2, -0.15) is 13.2 Å². The summed E-state index contributed by atoms with van der Waals surface area (Å²) in [6, 6.07) is 8.59. The van der Waals surface area contributed by atoms with Gasteiger partial charge in [-0.3, -0.25) is 4.79 Å². The second-order valence-corrected chi connectivity index (χ2v) is 8.92. The Hall–Kier alpha value is -3.08. The van der Waals surface area contributed by atoms with E-state index in [1.807, 2.05) is 20.2 Å². The fourth-order valence-corrected chi connectivity index (χ4v) is 4.18. The van der Waals surface area contributed by atoms with Crippen LogP contribution in [-0.2, 0) is 6.54 Å². The van der Waals surface area contributed by atoms with E-state index in [4.69, 9.17) is 16.2 Å². The number of benzene rings is 1. The second kappa shape index (κ2) is 11.6. The number of anilines is 1. The third-order valence-electron chi connectivity index (χ3n) is 4.78. The molecule has 1 atom stereocenters. The van der Waals surface area contributed by atoms with Gasteiger partial charge in [0, 0.05) is 34.8 Å². The monoisotopic (exact) mass is 526 g/mol. The third-order valence-corrected chi connectivity index (χ3v) is 5.81. The summed E-state index contributed by atoms with van der Waals surface area (Å²) in [6.07, 6.45) is -2.80. The van der Waals surface area contributed by atoms with Crippen molar-refractivity contribution >= 4 is 35.5 Å². The average molecular weight is 527 g/mol. The summed E-state index contributed by atoms with van der Waals surface area (Å²) < 4.78 is 43.1. The molecule has 35 heavy (non-hydrogen) atoms. The van der Waals surface area contributed by atoms with Crippen molar-refractivity contribution in [1.29, 1.82) is 0 Å². The van der Waals surface area contributed by atoms with E-state index in [9.17, 15) is 18.0 Å². The lowest BCUT2D eigenvalue weighted by Gasteiger charge is -2.16. The molecule has 0 saturated heterocycles. The Bertz CT molecular complexity index is 1210. The van der Waals surface area contributed by atoms with Crippen LogP contribution in [0.15, 0.2) is 54.1 Å². The molecule has 0 aliphatic heterocycles. The molecular weight excluding hydrogens is 501 g/mol. The molecule has 0 bridgehead atoms. The molecule has 0 aliphatic rings. The van der Waals surface area contributed by atoms with Gasteiger partial charge in [0.05, 0.1) is 5.56 Å². The Labute approximate surface area is 211 Å². The molecular formula is C24H26ClF3N4O2S. The van der Waals surface area contributed by atoms with Crippen LogP contribution >= 0.6 is 23.7 Å². The zero-order valence-electron chi connectivity index (χ0n) is 19.3. The molecule has 11 heteroatoms. The molecule has 4 N–H and O–H groups in total. The summed E-state index contributed by atoms with van der Waals surface area (Å²) in [7, 11) is 3.99. The first-order valence-electron chi connectivity index (χ1n) is 10.3. The van der Waals surface area contributed by atoms with Crippen LogP contribution < -0.4 is 16.2 Å². The van der Waals surface area contributed by atoms with Gasteiger partial charge in [0.25, 0.3) is 5.91 Å². The molecule has 0 radical (unpaired) electrons. The molecule has 2 aromatic heterocycles. The highest BCUT2D eigenvalue weighted by molar-refractivity contribution is 7.13. The van der Waals surface area contributed by atoms with Crippen molar-refractivity contribution in [2.45, 2.75) is 25.7 Å². The number of primary amides is 1. The SMILES string of the molecule is CC(C=CC(F)(F)F)Oc1cc(-c2cc(-c3cc(CN(C)C)cs3)cnc2N)ccc1C(N)=O.Cl. The Balaban J connectivity index is 0.00000432. The predicted octanol–water partition coefficient (Wildman–Crippen LogP) is 5.53. The van der Waals surface area contributed by atoms with E-state index >= 15 is 0 Å². The fourth-order valence-electron chi connectivity index (χ4n) is 3.29. The van der Waals surface area contributed by atoms with Crippen molar-refractivity contribution < 1.29 is 22.7 Å². The van der Waals surface area contributed by atoms with Crippen molar-refractivity contribution in [2.24, 2.45) is 5.73 Å². The van der Waals surface area contributed by atoms with E-state index in [-0.39, 0.29) is 35.6 Å². The minimum atomic E-state index is -4.47. The van der Waals surface area contributed by atoms with Gasteiger partial charge in [0.15, 0.2) is 0 Å². The van der Waals surface area contributed by atoms with E-state index in [2.05, 4.69) is 21.3 Å². The van der Waals surface area contributed by atoms with Crippen molar-refractivity contribution in [1.82, 2.24) is 9.88 Å². The third kappa shape index (κ3) is 7.71. The highest BCUT2D eigenvalue weighted by Crippen LogP contribution is 2.35. The number of nitrogen functional groups attached to an aromatic ring is 1. The van der Waals surface area contributed by atoms with Crippen molar-refractivity contribution in [3.05, 3.63) is 65.2 Å². The van der Waals surface area contributed by atoms with Crippen LogP contribution in [0.2, 0.25) is 0 Å². The summed E-state index contributed by atoms with van der Waals surface area (Å²) >= 11 is 1.59. The van der Waals surface area contributed by atoms with Crippen LogP contribution in [0.5, 0.6) is 5.75 Å². The molecule has 1 unspecified atom stereocenters. The molecule has 0 saturated carbocycles. The number of allylic oxidation sites excluding steroid dienone is 1. The first-order chi connectivity index (χ1) is 15.9. The van der Waals surface area contributed by atoms with E-state index in [1.165, 1.54) is 24.6 Å². The number of rotatable bonds is 8. The van der Waals surface area contributed by atoms with E-state index < -0.39 is 18.2 Å². The maximum Gasteiger partial charge on any atom is 0.409 e. The van der Waals surface area contributed by atoms with Gasteiger partial charge in [0.2, 0.25) is 0 Å². The van der Waals surface area contributed by atoms with Crippen LogP contribution in [0.25, 0.3) is 21.6 Å². The molecule has 6 nitrogen and oxygen atoms in total. The van der Waals surface area contributed by atoms with E-state index in [1.54, 1.807) is 23.6 Å². The van der Waals surface area contributed by atoms with Crippen molar-refractivity contribution in [2.75, 3.05) is 19.8 Å². The number of hydrogen-bond acceptors (Lipinski definition) is 6. The van der Waals surface area contributed by atoms with Gasteiger partial charge in [-0.25, -0.2) is 4.98 Å². The molecule has 0 fully saturated rings. The highest BCUT2D eigenvalue weighted by atomic mass is 35.5. The molecule has 0 aliphatic carbocycles. The molecule has 3 rings (SSSR count). The zero-order chi connectivity index (χ0) is 25.0. The number of halogens is 4. The number of hydrogen-bond donors (Lipinski definition) is 2. The highest BCUT2D eigenvalue weighted by Gasteiger charge is 2.23. The number of carbonyl (C=O) groups excluding carboxylic acids is 1.